The minimum absolute atomic E-state index is 0.150. The number of hydrogen-bond donors (Lipinski definition) is 1. The fraction of sp³-hybridized carbons (Fsp3) is 0.455. The maximum Gasteiger partial charge on any atom is 0.261 e. The Bertz CT molecular complexity index is 657. The molecule has 114 valence electrons. The molecule has 0 fully saturated rings. The van der Waals surface area contributed by atoms with Crippen LogP contribution in [-0.4, -0.2) is 36.6 Å². The molecule has 1 aromatic rings. The summed E-state index contributed by atoms with van der Waals surface area (Å²) in [6.07, 6.45) is 0.503. The molecule has 0 saturated heterocycles. The van der Waals surface area contributed by atoms with E-state index in [0.717, 1.165) is 6.07 Å². The van der Waals surface area contributed by atoms with E-state index in [9.17, 15) is 16.8 Å². The van der Waals surface area contributed by atoms with Crippen molar-refractivity contribution in [3.8, 4) is 0 Å². The van der Waals surface area contributed by atoms with Gasteiger partial charge in [-0.2, -0.15) is 0 Å². The molecule has 6 nitrogen and oxygen atoms in total. The van der Waals surface area contributed by atoms with Gasteiger partial charge in [0.05, 0.1) is 9.79 Å². The van der Waals surface area contributed by atoms with Crippen LogP contribution >= 0.6 is 10.7 Å². The molecule has 0 radical (unpaired) electrons. The average molecular weight is 342 g/mol. The van der Waals surface area contributed by atoms with Crippen LogP contribution < -0.4 is 4.72 Å². The lowest BCUT2D eigenvalue weighted by Crippen LogP contribution is -2.33. The lowest BCUT2D eigenvalue weighted by atomic mass is 10.3. The van der Waals surface area contributed by atoms with E-state index in [2.05, 4.69) is 4.72 Å². The minimum atomic E-state index is -3.97. The van der Waals surface area contributed by atoms with Gasteiger partial charge < -0.3 is 4.74 Å². The summed E-state index contributed by atoms with van der Waals surface area (Å²) < 4.78 is 53.9. The van der Waals surface area contributed by atoms with Gasteiger partial charge in [0.1, 0.15) is 0 Å². The van der Waals surface area contributed by atoms with E-state index in [0.29, 0.717) is 13.0 Å². The first-order valence-corrected chi connectivity index (χ1v) is 9.52. The number of sulfonamides is 1. The summed E-state index contributed by atoms with van der Waals surface area (Å²) in [4.78, 5) is -0.407. The molecule has 0 aliphatic heterocycles. The van der Waals surface area contributed by atoms with Crippen LogP contribution in [0.2, 0.25) is 0 Å². The second kappa shape index (κ2) is 6.86. The van der Waals surface area contributed by atoms with Crippen molar-refractivity contribution in [3.05, 3.63) is 24.3 Å². The molecule has 1 rings (SSSR count). The van der Waals surface area contributed by atoms with Crippen molar-refractivity contribution < 1.29 is 21.6 Å². The second-order valence-electron chi connectivity index (χ2n) is 4.22. The van der Waals surface area contributed by atoms with Gasteiger partial charge in [0.25, 0.3) is 9.05 Å². The molecular weight excluding hydrogens is 326 g/mol. The molecule has 0 bridgehead atoms. The number of rotatable bonds is 7. The van der Waals surface area contributed by atoms with Crippen molar-refractivity contribution in [3.63, 3.8) is 0 Å². The third kappa shape index (κ3) is 5.02. The Balaban J connectivity index is 2.99. The van der Waals surface area contributed by atoms with E-state index < -0.39 is 19.1 Å². The number of nitrogens with one attached hydrogen (secondary N) is 1. The predicted octanol–water partition coefficient (Wildman–Crippen LogP) is 1.32. The van der Waals surface area contributed by atoms with Crippen molar-refractivity contribution in [1.82, 2.24) is 4.72 Å². The van der Waals surface area contributed by atoms with E-state index >= 15 is 0 Å². The minimum Gasteiger partial charge on any atom is -0.385 e. The molecular formula is C11H16ClNO5S2. The summed E-state index contributed by atoms with van der Waals surface area (Å²) in [5, 5.41) is 0. The Morgan fingerprint density at radius 3 is 2.40 bits per heavy atom. The fourth-order valence-electron chi connectivity index (χ4n) is 1.48. The van der Waals surface area contributed by atoms with Crippen molar-refractivity contribution in [1.29, 1.82) is 0 Å². The van der Waals surface area contributed by atoms with Crippen LogP contribution in [0.1, 0.15) is 13.3 Å². The molecule has 9 heteroatoms. The van der Waals surface area contributed by atoms with Gasteiger partial charge in [-0.1, -0.05) is 6.07 Å². The Morgan fingerprint density at radius 1 is 1.25 bits per heavy atom. The summed E-state index contributed by atoms with van der Waals surface area (Å²) in [7, 11) is -1.05. The monoisotopic (exact) mass is 341 g/mol. The molecule has 0 aromatic heterocycles. The van der Waals surface area contributed by atoms with Gasteiger partial charge in [0.15, 0.2) is 0 Å². The Hall–Kier alpha value is -0.670. The first kappa shape index (κ1) is 17.4. The highest BCUT2D eigenvalue weighted by atomic mass is 35.7. The predicted molar refractivity (Wildman–Crippen MR) is 75.8 cm³/mol. The van der Waals surface area contributed by atoms with E-state index in [1.807, 2.05) is 0 Å². The van der Waals surface area contributed by atoms with Gasteiger partial charge >= 0.3 is 0 Å². The first-order valence-electron chi connectivity index (χ1n) is 5.73. The third-order valence-electron chi connectivity index (χ3n) is 2.51. The van der Waals surface area contributed by atoms with E-state index in [-0.39, 0.29) is 15.8 Å². The first-order chi connectivity index (χ1) is 9.16. The molecule has 20 heavy (non-hydrogen) atoms. The molecule has 0 spiro atoms. The highest BCUT2D eigenvalue weighted by Gasteiger charge is 2.20. The fourth-order valence-corrected chi connectivity index (χ4v) is 3.67. The zero-order chi connectivity index (χ0) is 15.4. The summed E-state index contributed by atoms with van der Waals surface area (Å²) in [6.45, 7) is 2.11. The van der Waals surface area contributed by atoms with Gasteiger partial charge in [0, 0.05) is 30.4 Å². The summed E-state index contributed by atoms with van der Waals surface area (Å²) in [5.41, 5.74) is 0. The van der Waals surface area contributed by atoms with E-state index in [1.165, 1.54) is 25.3 Å². The van der Waals surface area contributed by atoms with Crippen LogP contribution in [0.15, 0.2) is 34.1 Å². The number of methoxy groups -OCH3 is 1. The Morgan fingerprint density at radius 2 is 1.85 bits per heavy atom. The quantitative estimate of drug-likeness (QED) is 0.755. The molecule has 0 heterocycles. The standard InChI is InChI=1S/C11H16ClNO5S2/c1-9(6-7-18-2)13-20(16,17)11-5-3-4-10(8-11)19(12,14)15/h3-5,8-9,13H,6-7H2,1-2H3. The second-order valence-corrected chi connectivity index (χ2v) is 8.50. The number of benzene rings is 1. The van der Waals surface area contributed by atoms with Crippen LogP contribution in [0, 0.1) is 0 Å². The largest absolute Gasteiger partial charge is 0.385 e. The lowest BCUT2D eigenvalue weighted by Gasteiger charge is -2.14. The SMILES string of the molecule is COCCC(C)NS(=O)(=O)c1cccc(S(=O)(=O)Cl)c1. The average Bonchev–Trinajstić information content (AvgIpc) is 2.35. The normalized spacial score (nSPS) is 14.2. The molecule has 1 unspecified atom stereocenters. The number of hydrogen-bond acceptors (Lipinski definition) is 5. The molecule has 0 aliphatic rings. The van der Waals surface area contributed by atoms with Gasteiger partial charge in [0.2, 0.25) is 10.0 Å². The maximum atomic E-state index is 12.1. The molecule has 0 saturated carbocycles. The van der Waals surface area contributed by atoms with Gasteiger partial charge in [-0.3, -0.25) is 0 Å². The van der Waals surface area contributed by atoms with Crippen LogP contribution in [0.4, 0.5) is 0 Å². The van der Waals surface area contributed by atoms with Gasteiger partial charge in [-0.15, -0.1) is 0 Å². The Labute approximate surface area is 123 Å². The summed E-state index contributed by atoms with van der Waals surface area (Å²) >= 11 is 0. The third-order valence-corrected chi connectivity index (χ3v) is 5.45. The van der Waals surface area contributed by atoms with Crippen molar-refractivity contribution >= 4 is 29.8 Å². The zero-order valence-electron chi connectivity index (χ0n) is 11.0. The molecule has 1 atom stereocenters. The summed E-state index contributed by atoms with van der Waals surface area (Å²) in [6, 6.07) is 4.54. The number of ether oxygens (including phenoxy) is 1. The topological polar surface area (TPSA) is 89.5 Å². The zero-order valence-corrected chi connectivity index (χ0v) is 13.4. The highest BCUT2D eigenvalue weighted by molar-refractivity contribution is 8.13. The van der Waals surface area contributed by atoms with Crippen LogP contribution in [-0.2, 0) is 23.8 Å². The van der Waals surface area contributed by atoms with Crippen LogP contribution in [0.3, 0.4) is 0 Å². The van der Waals surface area contributed by atoms with Gasteiger partial charge in [-0.05, 0) is 31.5 Å². The number of halogens is 1. The van der Waals surface area contributed by atoms with Crippen molar-refractivity contribution in [2.45, 2.75) is 29.2 Å². The molecule has 1 aromatic carbocycles. The van der Waals surface area contributed by atoms with Crippen LogP contribution in [0.5, 0.6) is 0 Å². The maximum absolute atomic E-state index is 12.1. The smallest absolute Gasteiger partial charge is 0.261 e. The lowest BCUT2D eigenvalue weighted by molar-refractivity contribution is 0.188. The van der Waals surface area contributed by atoms with Crippen LogP contribution in [0.25, 0.3) is 0 Å². The van der Waals surface area contributed by atoms with Crippen molar-refractivity contribution in [2.75, 3.05) is 13.7 Å². The van der Waals surface area contributed by atoms with Gasteiger partial charge in [-0.25, -0.2) is 21.6 Å². The summed E-state index contributed by atoms with van der Waals surface area (Å²) in [5.74, 6) is 0. The van der Waals surface area contributed by atoms with Crippen molar-refractivity contribution in [2.24, 2.45) is 0 Å². The molecule has 1 N–H and O–H groups in total. The van der Waals surface area contributed by atoms with E-state index in [4.69, 9.17) is 15.4 Å². The molecule has 0 amide bonds. The Kier molecular flexibility index (Phi) is 5.96. The highest BCUT2D eigenvalue weighted by Crippen LogP contribution is 2.19. The molecule has 0 aliphatic carbocycles. The van der Waals surface area contributed by atoms with E-state index in [1.54, 1.807) is 6.92 Å².